The first-order valence-electron chi connectivity index (χ1n) is 8.20. The third-order valence-corrected chi connectivity index (χ3v) is 3.92. The first-order valence-corrected chi connectivity index (χ1v) is 8.20. The van der Waals surface area contributed by atoms with Crippen molar-refractivity contribution in [3.8, 4) is 0 Å². The zero-order valence-corrected chi connectivity index (χ0v) is 15.8. The van der Waals surface area contributed by atoms with E-state index in [0.717, 1.165) is 0 Å². The lowest BCUT2D eigenvalue weighted by atomic mass is 9.78. The maximum absolute atomic E-state index is 13.8. The smallest absolute Gasteiger partial charge is 0.481 e. The Labute approximate surface area is 178 Å². The van der Waals surface area contributed by atoms with Gasteiger partial charge in [0.25, 0.3) is 0 Å². The highest BCUT2D eigenvalue weighted by molar-refractivity contribution is 5.68. The molecular weight excluding hydrogens is 530 g/mol. The van der Waals surface area contributed by atoms with Crippen molar-refractivity contribution >= 4 is 11.9 Å². The summed E-state index contributed by atoms with van der Waals surface area (Å²) in [5.41, 5.74) is 0. The number of aliphatic carboxylic acids is 2. The largest absolute Gasteiger partial charge is 0.527 e. The van der Waals surface area contributed by atoms with Crippen LogP contribution in [0.25, 0.3) is 0 Å². The van der Waals surface area contributed by atoms with E-state index in [-0.39, 0.29) is 0 Å². The van der Waals surface area contributed by atoms with E-state index in [9.17, 15) is 71.1 Å². The zero-order valence-electron chi connectivity index (χ0n) is 15.8. The molecule has 2 unspecified atom stereocenters. The summed E-state index contributed by atoms with van der Waals surface area (Å²) in [6, 6.07) is 0. The third-order valence-electron chi connectivity index (χ3n) is 3.92. The van der Waals surface area contributed by atoms with Crippen LogP contribution in [-0.2, 0) is 19.1 Å². The van der Waals surface area contributed by atoms with Crippen molar-refractivity contribution < 1.29 is 90.7 Å². The topological polar surface area (TPSA) is 93.1 Å². The predicted octanol–water partition coefficient (Wildman–Crippen LogP) is 5.48. The van der Waals surface area contributed by atoms with E-state index in [4.69, 9.17) is 10.2 Å². The average molecular weight is 542 g/mol. The Kier molecular flexibility index (Phi) is 9.60. The molecule has 2 N–H and O–H groups in total. The molecular formula is C14H12F14O6. The molecule has 0 aromatic rings. The number of hydrogen-bond acceptors (Lipinski definition) is 4. The molecule has 0 aliphatic carbocycles. The highest BCUT2D eigenvalue weighted by atomic mass is 19.4. The van der Waals surface area contributed by atoms with Crippen molar-refractivity contribution in [2.45, 2.75) is 62.5 Å². The van der Waals surface area contributed by atoms with Crippen LogP contribution in [0.1, 0.15) is 25.7 Å². The Morgan fingerprint density at radius 3 is 0.971 bits per heavy atom. The van der Waals surface area contributed by atoms with Gasteiger partial charge in [-0.1, -0.05) is 0 Å². The molecule has 0 aliphatic rings. The molecule has 0 heterocycles. The number of rotatable bonds is 13. The molecule has 202 valence electrons. The Morgan fingerprint density at radius 1 is 0.559 bits per heavy atom. The molecule has 0 saturated heterocycles. The van der Waals surface area contributed by atoms with E-state index in [1.165, 1.54) is 0 Å². The van der Waals surface area contributed by atoms with Gasteiger partial charge < -0.3 is 10.2 Å². The molecule has 0 rings (SSSR count). The SMILES string of the molecule is O=C(O)CC(CC(F)(F)C(F)(F)OC(F)(F)F)C(CC(=O)O)CC(F)(F)C(F)(F)OC(F)(F)F. The normalized spacial score (nSPS) is 16.3. The second kappa shape index (κ2) is 10.2. The number of ether oxygens (including phenoxy) is 2. The Balaban J connectivity index is 6.23. The van der Waals surface area contributed by atoms with E-state index in [1.54, 1.807) is 0 Å². The Morgan fingerprint density at radius 2 is 0.794 bits per heavy atom. The average Bonchev–Trinajstić information content (AvgIpc) is 2.46. The lowest BCUT2D eigenvalue weighted by Crippen LogP contribution is -2.50. The van der Waals surface area contributed by atoms with Crippen molar-refractivity contribution in [1.29, 1.82) is 0 Å². The van der Waals surface area contributed by atoms with Crippen LogP contribution in [0.4, 0.5) is 61.5 Å². The van der Waals surface area contributed by atoms with Crippen LogP contribution < -0.4 is 0 Å². The van der Waals surface area contributed by atoms with Gasteiger partial charge in [-0.25, -0.2) is 9.47 Å². The standard InChI is InChI=1S/C14H12F14O6/c15-9(16,11(19,20)33-13(23,24)25)3-5(1-7(29)30)6(2-8(31)32)4-10(17,18)12(21,22)34-14(26,27)28/h5-6H,1-4H2,(H,29,30)(H,31,32). The fraction of sp³-hybridized carbons (Fsp3) is 0.857. The number of hydrogen-bond donors (Lipinski definition) is 2. The van der Waals surface area contributed by atoms with Gasteiger partial charge in [-0.3, -0.25) is 9.59 Å². The third kappa shape index (κ3) is 10.0. The van der Waals surface area contributed by atoms with Crippen LogP contribution in [0.2, 0.25) is 0 Å². The van der Waals surface area contributed by atoms with Crippen LogP contribution in [0.15, 0.2) is 0 Å². The van der Waals surface area contributed by atoms with Crippen molar-refractivity contribution in [3.05, 3.63) is 0 Å². The first kappa shape index (κ1) is 31.9. The van der Waals surface area contributed by atoms with Gasteiger partial charge in [0.2, 0.25) is 0 Å². The van der Waals surface area contributed by atoms with E-state index in [2.05, 4.69) is 0 Å². The summed E-state index contributed by atoms with van der Waals surface area (Å²) in [5.74, 6) is -22.8. The molecule has 0 aliphatic heterocycles. The fourth-order valence-corrected chi connectivity index (χ4v) is 2.60. The summed E-state index contributed by atoms with van der Waals surface area (Å²) in [5, 5.41) is 17.3. The van der Waals surface area contributed by atoms with E-state index >= 15 is 0 Å². The van der Waals surface area contributed by atoms with Crippen molar-refractivity contribution in [1.82, 2.24) is 0 Å². The van der Waals surface area contributed by atoms with Crippen molar-refractivity contribution in [3.63, 3.8) is 0 Å². The summed E-state index contributed by atoms with van der Waals surface area (Å²) in [6.07, 6.45) is -35.4. The van der Waals surface area contributed by atoms with Crippen molar-refractivity contribution in [2.24, 2.45) is 11.8 Å². The Hall–Kier alpha value is -2.12. The maximum atomic E-state index is 13.8. The number of carboxylic acids is 2. The summed E-state index contributed by atoms with van der Waals surface area (Å²) in [7, 11) is 0. The number of carboxylic acid groups (broad SMARTS) is 2. The summed E-state index contributed by atoms with van der Waals surface area (Å²) in [4.78, 5) is 21.6. The monoisotopic (exact) mass is 542 g/mol. The molecule has 0 aromatic carbocycles. The second-order valence-corrected chi connectivity index (χ2v) is 6.66. The number of alkyl halides is 14. The van der Waals surface area contributed by atoms with Gasteiger partial charge in [-0.2, -0.15) is 35.1 Å². The van der Waals surface area contributed by atoms with Gasteiger partial charge >= 0.3 is 48.7 Å². The van der Waals surface area contributed by atoms with Gasteiger partial charge in [-0.05, 0) is 11.8 Å². The quantitative estimate of drug-likeness (QED) is 0.300. The van der Waals surface area contributed by atoms with Gasteiger partial charge in [0.15, 0.2) is 0 Å². The van der Waals surface area contributed by atoms with E-state index in [0.29, 0.717) is 0 Å². The van der Waals surface area contributed by atoms with Gasteiger partial charge in [0, 0.05) is 25.7 Å². The number of halogens is 14. The number of carbonyl (C=O) groups is 2. The minimum absolute atomic E-state index is 1.91. The molecule has 0 saturated carbocycles. The van der Waals surface area contributed by atoms with Crippen LogP contribution in [-0.4, -0.2) is 58.9 Å². The molecule has 0 spiro atoms. The molecule has 2 atom stereocenters. The summed E-state index contributed by atoms with van der Waals surface area (Å²) >= 11 is 0. The molecule has 34 heavy (non-hydrogen) atoms. The molecule has 0 aromatic heterocycles. The maximum Gasteiger partial charge on any atom is 0.527 e. The van der Waals surface area contributed by atoms with E-state index in [1.807, 2.05) is 9.47 Å². The van der Waals surface area contributed by atoms with E-state index < -0.39 is 86.2 Å². The molecule has 20 heteroatoms. The molecule has 6 nitrogen and oxygen atoms in total. The van der Waals surface area contributed by atoms with Crippen LogP contribution >= 0.6 is 0 Å². The highest BCUT2D eigenvalue weighted by Gasteiger charge is 2.66. The predicted molar refractivity (Wildman–Crippen MR) is 74.8 cm³/mol. The minimum Gasteiger partial charge on any atom is -0.481 e. The molecule has 0 fully saturated rings. The molecule has 0 amide bonds. The van der Waals surface area contributed by atoms with Gasteiger partial charge in [-0.15, -0.1) is 26.3 Å². The lowest BCUT2D eigenvalue weighted by molar-refractivity contribution is -0.470. The van der Waals surface area contributed by atoms with Crippen LogP contribution in [0.3, 0.4) is 0 Å². The highest BCUT2D eigenvalue weighted by Crippen LogP contribution is 2.49. The molecule has 0 radical (unpaired) electrons. The Bertz CT molecular complexity index is 657. The van der Waals surface area contributed by atoms with Crippen LogP contribution in [0, 0.1) is 11.8 Å². The minimum atomic E-state index is -6.48. The van der Waals surface area contributed by atoms with Crippen molar-refractivity contribution in [2.75, 3.05) is 0 Å². The summed E-state index contributed by atoms with van der Waals surface area (Å²) in [6.45, 7) is 0. The van der Waals surface area contributed by atoms with Gasteiger partial charge in [0.05, 0.1) is 0 Å². The molecule has 0 bridgehead atoms. The summed E-state index contributed by atoms with van der Waals surface area (Å²) < 4.78 is 184. The zero-order chi connectivity index (χ0) is 27.6. The second-order valence-electron chi connectivity index (χ2n) is 6.66. The van der Waals surface area contributed by atoms with Crippen LogP contribution in [0.5, 0.6) is 0 Å². The fourth-order valence-electron chi connectivity index (χ4n) is 2.60. The lowest BCUT2D eigenvalue weighted by Gasteiger charge is -2.35. The first-order chi connectivity index (χ1) is 14.7. The van der Waals surface area contributed by atoms with Gasteiger partial charge in [0.1, 0.15) is 0 Å².